The minimum Gasteiger partial charge on any atom is -0.466 e. The molecule has 1 amide bonds. The normalized spacial score (nSPS) is 12.9. The molecule has 0 aromatic heterocycles. The summed E-state index contributed by atoms with van der Waals surface area (Å²) in [7, 11) is 0. The fourth-order valence-electron chi connectivity index (χ4n) is 8.00. The number of allylic oxidation sites excluding steroid dienone is 5. The van der Waals surface area contributed by atoms with Crippen molar-refractivity contribution in [1.29, 1.82) is 0 Å². The molecule has 0 aromatic carbocycles. The summed E-state index contributed by atoms with van der Waals surface area (Å²) < 4.78 is 5.45. The summed E-state index contributed by atoms with van der Waals surface area (Å²) >= 11 is 0. The molecule has 0 aliphatic carbocycles. The predicted molar refractivity (Wildman–Crippen MR) is 264 cm³/mol. The van der Waals surface area contributed by atoms with Crippen LogP contribution in [0.4, 0.5) is 0 Å². The summed E-state index contributed by atoms with van der Waals surface area (Å²) in [5.41, 5.74) is 0. The Kier molecular flexibility index (Phi) is 49.1. The van der Waals surface area contributed by atoms with Gasteiger partial charge in [0, 0.05) is 12.8 Å². The Hall–Kier alpha value is -1.92. The van der Waals surface area contributed by atoms with Gasteiger partial charge in [-0.15, -0.1) is 0 Å². The highest BCUT2D eigenvalue weighted by atomic mass is 16.5. The second-order valence-corrected chi connectivity index (χ2v) is 18.2. The zero-order valence-electron chi connectivity index (χ0n) is 40.6. The molecule has 2 atom stereocenters. The van der Waals surface area contributed by atoms with Gasteiger partial charge in [0.2, 0.25) is 5.91 Å². The quantitative estimate of drug-likeness (QED) is 0.0322. The summed E-state index contributed by atoms with van der Waals surface area (Å²) in [6.07, 6.45) is 61.4. The van der Waals surface area contributed by atoms with E-state index in [1.807, 2.05) is 6.08 Å². The Morgan fingerprint density at radius 3 is 1.30 bits per heavy atom. The highest BCUT2D eigenvalue weighted by Gasteiger charge is 2.18. The molecule has 0 aliphatic rings. The van der Waals surface area contributed by atoms with E-state index in [2.05, 4.69) is 43.5 Å². The van der Waals surface area contributed by atoms with Crippen LogP contribution < -0.4 is 5.32 Å². The van der Waals surface area contributed by atoms with Gasteiger partial charge >= 0.3 is 5.97 Å². The molecule has 0 aliphatic heterocycles. The maximum atomic E-state index is 12.4. The minimum absolute atomic E-state index is 0.0217. The number of ether oxygens (including phenoxy) is 1. The van der Waals surface area contributed by atoms with Crippen molar-refractivity contribution in [2.45, 2.75) is 289 Å². The first-order valence-electron chi connectivity index (χ1n) is 26.8. The summed E-state index contributed by atoms with van der Waals surface area (Å²) in [4.78, 5) is 24.5. The number of unbranched alkanes of at least 4 members (excludes halogenated alkanes) is 34. The third kappa shape index (κ3) is 47.4. The van der Waals surface area contributed by atoms with Crippen LogP contribution in [-0.4, -0.2) is 47.4 Å². The van der Waals surface area contributed by atoms with Gasteiger partial charge in [0.15, 0.2) is 0 Å². The van der Waals surface area contributed by atoms with E-state index < -0.39 is 12.1 Å². The van der Waals surface area contributed by atoms with Gasteiger partial charge in [0.25, 0.3) is 0 Å². The molecule has 0 rings (SSSR count). The topological polar surface area (TPSA) is 95.9 Å². The van der Waals surface area contributed by atoms with Gasteiger partial charge in [-0.2, -0.15) is 0 Å². The molecule has 3 N–H and O–H groups in total. The van der Waals surface area contributed by atoms with Crippen molar-refractivity contribution in [1.82, 2.24) is 5.32 Å². The Balaban J connectivity index is 3.50. The number of aliphatic hydroxyl groups excluding tert-OH is 2. The largest absolute Gasteiger partial charge is 0.466 e. The van der Waals surface area contributed by atoms with Gasteiger partial charge < -0.3 is 20.3 Å². The van der Waals surface area contributed by atoms with Crippen LogP contribution in [-0.2, 0) is 14.3 Å². The van der Waals surface area contributed by atoms with Crippen LogP contribution in [0.15, 0.2) is 36.5 Å². The van der Waals surface area contributed by atoms with Crippen molar-refractivity contribution in [2.75, 3.05) is 13.2 Å². The van der Waals surface area contributed by atoms with Crippen LogP contribution in [0.2, 0.25) is 0 Å². The average molecular weight is 858 g/mol. The third-order valence-corrected chi connectivity index (χ3v) is 12.2. The van der Waals surface area contributed by atoms with E-state index in [0.717, 1.165) is 70.6 Å². The van der Waals surface area contributed by atoms with Crippen LogP contribution in [0.1, 0.15) is 277 Å². The first-order chi connectivity index (χ1) is 30.0. The Labute approximate surface area is 379 Å². The lowest BCUT2D eigenvalue weighted by Crippen LogP contribution is -2.45. The van der Waals surface area contributed by atoms with E-state index >= 15 is 0 Å². The molecule has 0 radical (unpaired) electrons. The van der Waals surface area contributed by atoms with E-state index in [-0.39, 0.29) is 18.5 Å². The molecular formula is C55H103NO5. The number of amides is 1. The zero-order chi connectivity index (χ0) is 44.4. The van der Waals surface area contributed by atoms with E-state index in [9.17, 15) is 19.8 Å². The Morgan fingerprint density at radius 2 is 0.836 bits per heavy atom. The van der Waals surface area contributed by atoms with E-state index in [0.29, 0.717) is 19.4 Å². The van der Waals surface area contributed by atoms with Crippen molar-refractivity contribution in [3.8, 4) is 0 Å². The molecule has 0 spiro atoms. The number of esters is 1. The lowest BCUT2D eigenvalue weighted by atomic mass is 10.0. The molecule has 6 nitrogen and oxygen atoms in total. The Morgan fingerprint density at radius 1 is 0.459 bits per heavy atom. The van der Waals surface area contributed by atoms with Gasteiger partial charge in [-0.05, 0) is 57.8 Å². The highest BCUT2D eigenvalue weighted by Crippen LogP contribution is 2.16. The van der Waals surface area contributed by atoms with Crippen LogP contribution in [0, 0.1) is 0 Å². The van der Waals surface area contributed by atoms with Gasteiger partial charge in [0.1, 0.15) is 0 Å². The minimum atomic E-state index is -0.854. The lowest BCUT2D eigenvalue weighted by molar-refractivity contribution is -0.143. The maximum Gasteiger partial charge on any atom is 0.305 e. The Bertz CT molecular complexity index is 993. The monoisotopic (exact) mass is 858 g/mol. The fraction of sp³-hybridized carbons (Fsp3) is 0.855. The summed E-state index contributed by atoms with van der Waals surface area (Å²) in [5, 5.41) is 23.1. The molecule has 61 heavy (non-hydrogen) atoms. The van der Waals surface area contributed by atoms with Crippen LogP contribution in [0.5, 0.6) is 0 Å². The lowest BCUT2D eigenvalue weighted by Gasteiger charge is -2.20. The van der Waals surface area contributed by atoms with Crippen molar-refractivity contribution < 1.29 is 24.5 Å². The number of nitrogens with one attached hydrogen (secondary N) is 1. The fourth-order valence-corrected chi connectivity index (χ4v) is 8.00. The molecule has 0 saturated heterocycles. The van der Waals surface area contributed by atoms with Crippen LogP contribution in [0.25, 0.3) is 0 Å². The third-order valence-electron chi connectivity index (χ3n) is 12.2. The van der Waals surface area contributed by atoms with Crippen molar-refractivity contribution in [2.24, 2.45) is 0 Å². The summed E-state index contributed by atoms with van der Waals surface area (Å²) in [6.45, 7) is 4.83. The molecule has 0 aromatic rings. The van der Waals surface area contributed by atoms with Gasteiger partial charge in [-0.25, -0.2) is 0 Å². The van der Waals surface area contributed by atoms with Gasteiger partial charge in [-0.3, -0.25) is 9.59 Å². The number of rotatable bonds is 49. The molecule has 358 valence electrons. The molecular weight excluding hydrogens is 755 g/mol. The maximum absolute atomic E-state index is 12.4. The SMILES string of the molecule is CCCC/C=C\C/C=C\CCCCCCCC(=O)OCCCCCCCCCCCCCCCC(=O)NC(CO)C(O)/C=C/CCCCCCCCCCCCCCCCC. The number of carbonyl (C=O) groups is 2. The van der Waals surface area contributed by atoms with E-state index in [1.165, 1.54) is 180 Å². The molecule has 0 heterocycles. The predicted octanol–water partition coefficient (Wildman–Crippen LogP) is 16.1. The smallest absolute Gasteiger partial charge is 0.305 e. The number of hydrogen-bond acceptors (Lipinski definition) is 5. The van der Waals surface area contributed by atoms with Crippen LogP contribution >= 0.6 is 0 Å². The van der Waals surface area contributed by atoms with Crippen molar-refractivity contribution in [3.05, 3.63) is 36.5 Å². The van der Waals surface area contributed by atoms with E-state index in [1.54, 1.807) is 6.08 Å². The van der Waals surface area contributed by atoms with Crippen LogP contribution in [0.3, 0.4) is 0 Å². The molecule has 0 bridgehead atoms. The number of aliphatic hydroxyl groups is 2. The summed E-state index contributed by atoms with van der Waals surface area (Å²) in [5.74, 6) is -0.103. The van der Waals surface area contributed by atoms with Gasteiger partial charge in [-0.1, -0.05) is 243 Å². The second kappa shape index (κ2) is 50.7. The zero-order valence-corrected chi connectivity index (χ0v) is 40.6. The second-order valence-electron chi connectivity index (χ2n) is 18.2. The molecule has 2 unspecified atom stereocenters. The standard InChI is InChI=1S/C55H103NO5/c1-3-5-7-9-11-13-15-17-19-20-21-23-27-31-35-39-43-47-53(58)52(51-57)56-54(59)48-44-40-36-32-28-24-22-26-30-34-38-42-46-50-61-55(60)49-45-41-37-33-29-25-18-16-14-12-10-8-6-4-2/h10,12,16,18,43,47,52-53,57-58H,3-9,11,13-15,17,19-42,44-46,48-51H2,1-2H3,(H,56,59)/b12-10-,18-16-,47-43+. The van der Waals surface area contributed by atoms with Crippen molar-refractivity contribution in [3.63, 3.8) is 0 Å². The van der Waals surface area contributed by atoms with Gasteiger partial charge in [0.05, 0.1) is 25.4 Å². The first kappa shape index (κ1) is 59.1. The molecule has 0 fully saturated rings. The first-order valence-corrected chi connectivity index (χ1v) is 26.8. The highest BCUT2D eigenvalue weighted by molar-refractivity contribution is 5.76. The molecule has 0 saturated carbocycles. The average Bonchev–Trinajstić information content (AvgIpc) is 3.26. The number of hydrogen-bond donors (Lipinski definition) is 3. The summed E-state index contributed by atoms with van der Waals surface area (Å²) in [6, 6.07) is -0.638. The number of carbonyl (C=O) groups excluding carboxylic acids is 2. The van der Waals surface area contributed by atoms with Crippen molar-refractivity contribution >= 4 is 11.9 Å². The van der Waals surface area contributed by atoms with E-state index in [4.69, 9.17) is 4.74 Å². The molecule has 6 heteroatoms.